The molecule has 146 valence electrons. The number of aryl methyl sites for hydroxylation is 1. The summed E-state index contributed by atoms with van der Waals surface area (Å²) in [6, 6.07) is 13.9. The van der Waals surface area contributed by atoms with Crippen molar-refractivity contribution < 1.29 is 4.74 Å². The minimum atomic E-state index is 0.400. The highest BCUT2D eigenvalue weighted by Crippen LogP contribution is 2.29. The number of aromatic nitrogens is 3. The van der Waals surface area contributed by atoms with E-state index in [4.69, 9.17) is 10.00 Å². The zero-order chi connectivity index (χ0) is 20.1. The van der Waals surface area contributed by atoms with E-state index in [0.717, 1.165) is 47.5 Å². The topological polar surface area (TPSA) is 87.0 Å². The summed E-state index contributed by atoms with van der Waals surface area (Å²) in [7, 11) is 0. The van der Waals surface area contributed by atoms with E-state index in [-0.39, 0.29) is 0 Å². The molecule has 4 rings (SSSR count). The number of anilines is 3. The molecule has 1 aliphatic rings. The molecule has 0 radical (unpaired) electrons. The molecule has 0 atom stereocenters. The van der Waals surface area contributed by atoms with Crippen molar-refractivity contribution in [3.05, 3.63) is 60.0 Å². The van der Waals surface area contributed by atoms with E-state index < -0.39 is 0 Å². The van der Waals surface area contributed by atoms with Crippen LogP contribution in [0.15, 0.2) is 58.7 Å². The van der Waals surface area contributed by atoms with Crippen molar-refractivity contribution in [1.82, 2.24) is 15.0 Å². The molecule has 2 aromatic heterocycles. The summed E-state index contributed by atoms with van der Waals surface area (Å²) in [5.74, 6) is 0.541. The summed E-state index contributed by atoms with van der Waals surface area (Å²) >= 11 is 1.50. The number of rotatable bonds is 5. The number of hydrogen-bond donors (Lipinski definition) is 1. The van der Waals surface area contributed by atoms with Crippen molar-refractivity contribution in [3.63, 3.8) is 0 Å². The lowest BCUT2D eigenvalue weighted by Gasteiger charge is -2.28. The van der Waals surface area contributed by atoms with E-state index in [1.165, 1.54) is 17.4 Å². The molecular formula is C21H20N6OS. The smallest absolute Gasteiger partial charge is 0.228 e. The van der Waals surface area contributed by atoms with Crippen LogP contribution in [0.25, 0.3) is 0 Å². The molecular weight excluding hydrogens is 384 g/mol. The van der Waals surface area contributed by atoms with Crippen molar-refractivity contribution >= 4 is 29.1 Å². The van der Waals surface area contributed by atoms with Gasteiger partial charge in [0.25, 0.3) is 0 Å². The number of ether oxygens (including phenoxy) is 1. The molecule has 29 heavy (non-hydrogen) atoms. The summed E-state index contributed by atoms with van der Waals surface area (Å²) in [5, 5.41) is 13.0. The maximum Gasteiger partial charge on any atom is 0.228 e. The van der Waals surface area contributed by atoms with E-state index in [1.54, 1.807) is 18.5 Å². The Hall–Kier alpha value is -3.15. The second-order valence-corrected chi connectivity index (χ2v) is 7.61. The highest BCUT2D eigenvalue weighted by atomic mass is 32.2. The SMILES string of the molecule is Cc1cnc(Nc2ccc(N3CCOCC3)cc2)nc1Sc1ccc(C#N)nc1. The van der Waals surface area contributed by atoms with Gasteiger partial charge in [-0.25, -0.2) is 15.0 Å². The Balaban J connectivity index is 1.46. The first-order chi connectivity index (χ1) is 14.2. The van der Waals surface area contributed by atoms with E-state index in [1.807, 2.05) is 31.2 Å². The quantitative estimate of drug-likeness (QED) is 0.643. The minimum absolute atomic E-state index is 0.400. The first-order valence-electron chi connectivity index (χ1n) is 9.29. The van der Waals surface area contributed by atoms with Crippen molar-refractivity contribution in [2.45, 2.75) is 16.8 Å². The van der Waals surface area contributed by atoms with E-state index in [2.05, 4.69) is 37.3 Å². The molecule has 0 aliphatic carbocycles. The van der Waals surface area contributed by atoms with Crippen molar-refractivity contribution in [2.75, 3.05) is 36.5 Å². The Bertz CT molecular complexity index is 1010. The van der Waals surface area contributed by atoms with Crippen LogP contribution in [0.5, 0.6) is 0 Å². The van der Waals surface area contributed by atoms with Gasteiger partial charge < -0.3 is 15.0 Å². The fraction of sp³-hybridized carbons (Fsp3) is 0.238. The van der Waals surface area contributed by atoms with Crippen molar-refractivity contribution in [2.24, 2.45) is 0 Å². The van der Waals surface area contributed by atoms with Gasteiger partial charge in [-0.15, -0.1) is 0 Å². The van der Waals surface area contributed by atoms with Crippen LogP contribution >= 0.6 is 11.8 Å². The number of nitrogens with one attached hydrogen (secondary N) is 1. The number of pyridine rings is 1. The third-order valence-electron chi connectivity index (χ3n) is 4.49. The van der Waals surface area contributed by atoms with Crippen LogP contribution < -0.4 is 10.2 Å². The first-order valence-corrected chi connectivity index (χ1v) is 10.1. The van der Waals surface area contributed by atoms with Gasteiger partial charge in [0.1, 0.15) is 16.8 Å². The first kappa shape index (κ1) is 19.2. The molecule has 0 spiro atoms. The maximum atomic E-state index is 8.87. The number of morpholine rings is 1. The summed E-state index contributed by atoms with van der Waals surface area (Å²) in [6.45, 7) is 5.34. The van der Waals surface area contributed by atoms with Gasteiger partial charge in [0.05, 0.1) is 13.2 Å². The molecule has 3 aromatic rings. The van der Waals surface area contributed by atoms with Gasteiger partial charge in [-0.05, 0) is 43.3 Å². The molecule has 1 fully saturated rings. The predicted octanol–water partition coefficient (Wildman–Crippen LogP) is 3.78. The molecule has 8 heteroatoms. The second-order valence-electron chi connectivity index (χ2n) is 6.55. The van der Waals surface area contributed by atoms with Crippen LogP contribution in [-0.4, -0.2) is 41.3 Å². The van der Waals surface area contributed by atoms with E-state index in [9.17, 15) is 0 Å². The van der Waals surface area contributed by atoms with E-state index >= 15 is 0 Å². The van der Waals surface area contributed by atoms with Gasteiger partial charge in [0, 0.05) is 47.3 Å². The minimum Gasteiger partial charge on any atom is -0.378 e. The van der Waals surface area contributed by atoms with Crippen LogP contribution in [0.2, 0.25) is 0 Å². The summed E-state index contributed by atoms with van der Waals surface area (Å²) in [5.41, 5.74) is 3.50. The molecule has 7 nitrogen and oxygen atoms in total. The van der Waals surface area contributed by atoms with Crippen LogP contribution in [0.1, 0.15) is 11.3 Å². The molecule has 3 heterocycles. The molecule has 0 unspecified atom stereocenters. The monoisotopic (exact) mass is 404 g/mol. The largest absolute Gasteiger partial charge is 0.378 e. The molecule has 0 bridgehead atoms. The second kappa shape index (κ2) is 8.90. The molecule has 1 saturated heterocycles. The van der Waals surface area contributed by atoms with Crippen LogP contribution in [0.3, 0.4) is 0 Å². The van der Waals surface area contributed by atoms with Crippen molar-refractivity contribution in [3.8, 4) is 6.07 Å². The Labute approximate surface area is 173 Å². The van der Waals surface area contributed by atoms with Crippen molar-refractivity contribution in [1.29, 1.82) is 5.26 Å². The standard InChI is InChI=1S/C21H20N6OS/c1-15-13-24-21(26-20(15)29-19-7-4-17(12-22)23-14-19)25-16-2-5-18(6-3-16)27-8-10-28-11-9-27/h2-7,13-14H,8-11H2,1H3,(H,24,25,26). The van der Waals surface area contributed by atoms with Crippen LogP contribution in [-0.2, 0) is 4.74 Å². The lowest BCUT2D eigenvalue weighted by Crippen LogP contribution is -2.36. The lowest BCUT2D eigenvalue weighted by atomic mass is 10.2. The molecule has 0 amide bonds. The maximum absolute atomic E-state index is 8.87. The van der Waals surface area contributed by atoms with Gasteiger partial charge in [-0.3, -0.25) is 0 Å². The lowest BCUT2D eigenvalue weighted by molar-refractivity contribution is 0.122. The number of nitrogens with zero attached hydrogens (tertiary/aromatic N) is 5. The Morgan fingerprint density at radius 1 is 1.07 bits per heavy atom. The fourth-order valence-corrected chi connectivity index (χ4v) is 3.73. The zero-order valence-corrected chi connectivity index (χ0v) is 16.8. The van der Waals surface area contributed by atoms with Gasteiger partial charge in [-0.2, -0.15) is 5.26 Å². The van der Waals surface area contributed by atoms with Gasteiger partial charge in [0.2, 0.25) is 5.95 Å². The fourth-order valence-electron chi connectivity index (χ4n) is 2.91. The number of benzene rings is 1. The molecule has 0 saturated carbocycles. The molecule has 1 N–H and O–H groups in total. The summed E-state index contributed by atoms with van der Waals surface area (Å²) in [6.07, 6.45) is 3.49. The van der Waals surface area contributed by atoms with Gasteiger partial charge in [-0.1, -0.05) is 11.8 Å². The highest BCUT2D eigenvalue weighted by molar-refractivity contribution is 7.99. The third kappa shape index (κ3) is 4.83. The van der Waals surface area contributed by atoms with Crippen LogP contribution in [0, 0.1) is 18.3 Å². The zero-order valence-electron chi connectivity index (χ0n) is 16.0. The Morgan fingerprint density at radius 3 is 2.55 bits per heavy atom. The number of nitriles is 1. The predicted molar refractivity (Wildman–Crippen MR) is 113 cm³/mol. The summed E-state index contributed by atoms with van der Waals surface area (Å²) in [4.78, 5) is 16.4. The summed E-state index contributed by atoms with van der Waals surface area (Å²) < 4.78 is 5.41. The highest BCUT2D eigenvalue weighted by Gasteiger charge is 2.11. The Kier molecular flexibility index (Phi) is 5.89. The number of hydrogen-bond acceptors (Lipinski definition) is 8. The average molecular weight is 404 g/mol. The molecule has 1 aromatic carbocycles. The average Bonchev–Trinajstić information content (AvgIpc) is 2.78. The normalized spacial score (nSPS) is 13.7. The van der Waals surface area contributed by atoms with Gasteiger partial charge in [0.15, 0.2) is 0 Å². The van der Waals surface area contributed by atoms with Gasteiger partial charge >= 0.3 is 0 Å². The molecule has 1 aliphatic heterocycles. The Morgan fingerprint density at radius 2 is 1.86 bits per heavy atom. The van der Waals surface area contributed by atoms with E-state index in [0.29, 0.717) is 11.6 Å². The third-order valence-corrected chi connectivity index (χ3v) is 5.57. The van der Waals surface area contributed by atoms with Crippen LogP contribution in [0.4, 0.5) is 17.3 Å².